The van der Waals surface area contributed by atoms with Gasteiger partial charge in [-0.1, -0.05) is 36.4 Å². The summed E-state index contributed by atoms with van der Waals surface area (Å²) in [5.41, 5.74) is 2.40. The lowest BCUT2D eigenvalue weighted by Crippen LogP contribution is -2.20. The zero-order chi connectivity index (χ0) is 15.4. The van der Waals surface area contributed by atoms with E-state index in [0.29, 0.717) is 11.4 Å². The zero-order valence-corrected chi connectivity index (χ0v) is 12.2. The Bertz CT molecular complexity index is 801. The third-order valence-electron chi connectivity index (χ3n) is 3.25. The van der Waals surface area contributed by atoms with Gasteiger partial charge in [-0.05, 0) is 31.2 Å². The van der Waals surface area contributed by atoms with Gasteiger partial charge in [-0.15, -0.1) is 0 Å². The molecular weight excluding hydrogens is 276 g/mol. The van der Waals surface area contributed by atoms with Gasteiger partial charge in [0.2, 0.25) is 0 Å². The van der Waals surface area contributed by atoms with Crippen molar-refractivity contribution in [3.8, 4) is 5.75 Å². The average molecular weight is 292 g/mol. The minimum atomic E-state index is -0.209. The number of carbonyl (C=O) groups excluding carboxylic acids is 1. The number of aryl methyl sites for hydroxylation is 1. The van der Waals surface area contributed by atoms with E-state index in [1.807, 2.05) is 67.6 Å². The second-order valence-corrected chi connectivity index (χ2v) is 4.98. The van der Waals surface area contributed by atoms with Crippen LogP contribution in [0.2, 0.25) is 0 Å². The van der Waals surface area contributed by atoms with Crippen LogP contribution in [-0.2, 0) is 4.79 Å². The number of fused-ring (bicyclic) bond motifs is 1. The molecule has 1 N–H and O–H groups in total. The number of para-hydroxylation sites is 2. The molecule has 1 aromatic heterocycles. The summed E-state index contributed by atoms with van der Waals surface area (Å²) in [6.07, 6.45) is 0. The number of hydrogen-bond donors (Lipinski definition) is 1. The Kier molecular flexibility index (Phi) is 4.01. The molecule has 1 amide bonds. The number of hydrogen-bond acceptors (Lipinski definition) is 3. The molecule has 110 valence electrons. The van der Waals surface area contributed by atoms with Gasteiger partial charge in [0.05, 0.1) is 11.2 Å². The molecule has 3 aromatic rings. The summed E-state index contributed by atoms with van der Waals surface area (Å²) in [6.45, 7) is 1.89. The SMILES string of the molecule is Cc1ccc2cccc(NC(=O)COc3ccccc3)c2n1. The lowest BCUT2D eigenvalue weighted by atomic mass is 10.1. The third-order valence-corrected chi connectivity index (χ3v) is 3.25. The number of ether oxygens (including phenoxy) is 1. The second kappa shape index (κ2) is 6.26. The number of nitrogens with one attached hydrogen (secondary N) is 1. The first kappa shape index (κ1) is 14.1. The van der Waals surface area contributed by atoms with E-state index in [1.54, 1.807) is 0 Å². The first-order chi connectivity index (χ1) is 10.7. The molecule has 22 heavy (non-hydrogen) atoms. The van der Waals surface area contributed by atoms with Gasteiger partial charge in [-0.25, -0.2) is 0 Å². The van der Waals surface area contributed by atoms with Gasteiger partial charge in [0.15, 0.2) is 6.61 Å². The summed E-state index contributed by atoms with van der Waals surface area (Å²) in [4.78, 5) is 16.5. The molecule has 4 heteroatoms. The molecule has 0 radical (unpaired) electrons. The molecule has 0 saturated carbocycles. The number of benzene rings is 2. The van der Waals surface area contributed by atoms with E-state index >= 15 is 0 Å². The highest BCUT2D eigenvalue weighted by molar-refractivity contribution is 6.00. The van der Waals surface area contributed by atoms with E-state index in [-0.39, 0.29) is 12.5 Å². The monoisotopic (exact) mass is 292 g/mol. The maximum absolute atomic E-state index is 12.1. The van der Waals surface area contributed by atoms with E-state index in [9.17, 15) is 4.79 Å². The quantitative estimate of drug-likeness (QED) is 0.800. The Morgan fingerprint density at radius 1 is 1.05 bits per heavy atom. The first-order valence-electron chi connectivity index (χ1n) is 7.06. The lowest BCUT2D eigenvalue weighted by Gasteiger charge is -2.09. The van der Waals surface area contributed by atoms with Crippen molar-refractivity contribution in [2.45, 2.75) is 6.92 Å². The van der Waals surface area contributed by atoms with Crippen molar-refractivity contribution in [1.82, 2.24) is 4.98 Å². The highest BCUT2D eigenvalue weighted by Gasteiger charge is 2.08. The number of nitrogens with zero attached hydrogens (tertiary/aromatic N) is 1. The van der Waals surface area contributed by atoms with Gasteiger partial charge >= 0.3 is 0 Å². The molecule has 4 nitrogen and oxygen atoms in total. The van der Waals surface area contributed by atoms with Crippen LogP contribution >= 0.6 is 0 Å². The number of rotatable bonds is 4. The highest BCUT2D eigenvalue weighted by atomic mass is 16.5. The van der Waals surface area contributed by atoms with Gasteiger partial charge in [0, 0.05) is 11.1 Å². The molecule has 3 rings (SSSR count). The van der Waals surface area contributed by atoms with Crippen LogP contribution in [0.5, 0.6) is 5.75 Å². The largest absolute Gasteiger partial charge is 0.484 e. The smallest absolute Gasteiger partial charge is 0.262 e. The van der Waals surface area contributed by atoms with Gasteiger partial charge in [0.25, 0.3) is 5.91 Å². The van der Waals surface area contributed by atoms with Crippen LogP contribution in [-0.4, -0.2) is 17.5 Å². The maximum atomic E-state index is 12.1. The van der Waals surface area contributed by atoms with Crippen molar-refractivity contribution in [2.24, 2.45) is 0 Å². The zero-order valence-electron chi connectivity index (χ0n) is 12.2. The minimum Gasteiger partial charge on any atom is -0.484 e. The number of carbonyl (C=O) groups is 1. The van der Waals surface area contributed by atoms with Gasteiger partial charge < -0.3 is 10.1 Å². The molecule has 0 unspecified atom stereocenters. The van der Waals surface area contributed by atoms with Crippen LogP contribution in [0.25, 0.3) is 10.9 Å². The lowest BCUT2D eigenvalue weighted by molar-refractivity contribution is -0.118. The molecule has 0 fully saturated rings. The Balaban J connectivity index is 1.73. The van der Waals surface area contributed by atoms with Gasteiger partial charge in [-0.2, -0.15) is 0 Å². The van der Waals surface area contributed by atoms with Crippen LogP contribution in [0.3, 0.4) is 0 Å². The second-order valence-electron chi connectivity index (χ2n) is 4.98. The topological polar surface area (TPSA) is 51.2 Å². The first-order valence-corrected chi connectivity index (χ1v) is 7.06. The highest BCUT2D eigenvalue weighted by Crippen LogP contribution is 2.21. The fourth-order valence-corrected chi connectivity index (χ4v) is 2.20. The van der Waals surface area contributed by atoms with Crippen molar-refractivity contribution in [3.63, 3.8) is 0 Å². The van der Waals surface area contributed by atoms with E-state index in [1.165, 1.54) is 0 Å². The fourth-order valence-electron chi connectivity index (χ4n) is 2.20. The molecule has 1 heterocycles. The van der Waals surface area contributed by atoms with Crippen LogP contribution in [0.4, 0.5) is 5.69 Å². The van der Waals surface area contributed by atoms with Crippen molar-refractivity contribution in [2.75, 3.05) is 11.9 Å². The van der Waals surface area contributed by atoms with Crippen LogP contribution in [0.15, 0.2) is 60.7 Å². The van der Waals surface area contributed by atoms with Crippen LogP contribution < -0.4 is 10.1 Å². The number of pyridine rings is 1. The normalized spacial score (nSPS) is 10.4. The average Bonchev–Trinajstić information content (AvgIpc) is 2.54. The van der Waals surface area contributed by atoms with E-state index < -0.39 is 0 Å². The van der Waals surface area contributed by atoms with Gasteiger partial charge in [0.1, 0.15) is 5.75 Å². The van der Waals surface area contributed by atoms with E-state index in [2.05, 4.69) is 10.3 Å². The number of anilines is 1. The van der Waals surface area contributed by atoms with E-state index in [4.69, 9.17) is 4.74 Å². The number of amides is 1. The Labute approximate surface area is 128 Å². The molecule has 0 aliphatic carbocycles. The van der Waals surface area contributed by atoms with Crippen molar-refractivity contribution < 1.29 is 9.53 Å². The standard InChI is InChI=1S/C18H16N2O2/c1-13-10-11-14-6-5-9-16(18(14)19-13)20-17(21)12-22-15-7-3-2-4-8-15/h2-11H,12H2,1H3,(H,20,21). The summed E-state index contributed by atoms with van der Waals surface area (Å²) in [5, 5.41) is 3.85. The molecule has 0 bridgehead atoms. The molecule has 0 atom stereocenters. The fraction of sp³-hybridized carbons (Fsp3) is 0.111. The molecule has 2 aromatic carbocycles. The Morgan fingerprint density at radius 3 is 2.68 bits per heavy atom. The molecule has 0 saturated heterocycles. The summed E-state index contributed by atoms with van der Waals surface area (Å²) >= 11 is 0. The summed E-state index contributed by atoms with van der Waals surface area (Å²) < 4.78 is 5.44. The predicted molar refractivity (Wildman–Crippen MR) is 87.0 cm³/mol. The molecule has 0 aliphatic rings. The molecule has 0 spiro atoms. The Hall–Kier alpha value is -2.88. The van der Waals surface area contributed by atoms with Gasteiger partial charge in [-0.3, -0.25) is 9.78 Å². The third kappa shape index (κ3) is 3.23. The number of aromatic nitrogens is 1. The summed E-state index contributed by atoms with van der Waals surface area (Å²) in [6, 6.07) is 18.9. The van der Waals surface area contributed by atoms with Crippen LogP contribution in [0.1, 0.15) is 5.69 Å². The molecular formula is C18H16N2O2. The minimum absolute atomic E-state index is 0.0355. The predicted octanol–water partition coefficient (Wildman–Crippen LogP) is 3.56. The molecule has 0 aliphatic heterocycles. The maximum Gasteiger partial charge on any atom is 0.262 e. The van der Waals surface area contributed by atoms with Crippen molar-refractivity contribution >= 4 is 22.5 Å². The summed E-state index contributed by atoms with van der Waals surface area (Å²) in [7, 11) is 0. The Morgan fingerprint density at radius 2 is 1.86 bits per heavy atom. The van der Waals surface area contributed by atoms with Crippen LogP contribution in [0, 0.1) is 6.92 Å². The van der Waals surface area contributed by atoms with Crippen molar-refractivity contribution in [1.29, 1.82) is 0 Å². The van der Waals surface area contributed by atoms with E-state index in [0.717, 1.165) is 16.6 Å². The summed E-state index contributed by atoms with van der Waals surface area (Å²) in [5.74, 6) is 0.462. The van der Waals surface area contributed by atoms with Crippen molar-refractivity contribution in [3.05, 3.63) is 66.4 Å².